The third-order valence-electron chi connectivity index (χ3n) is 4.85. The third kappa shape index (κ3) is 6.09. The van der Waals surface area contributed by atoms with Crippen LogP contribution < -0.4 is 4.74 Å². The Morgan fingerprint density at radius 1 is 1.22 bits per heavy atom. The number of methoxy groups -OCH3 is 1. The summed E-state index contributed by atoms with van der Waals surface area (Å²) in [4.78, 5) is 2.78. The topological polar surface area (TPSA) is 128 Å². The average molecular weight is 510 g/mol. The first-order valence-corrected chi connectivity index (χ1v) is 10.8. The number of azide groups is 1. The highest BCUT2D eigenvalue weighted by Crippen LogP contribution is 2.40. The zero-order valence-corrected chi connectivity index (χ0v) is 19.8. The molecule has 10 nitrogen and oxygen atoms in total. The van der Waals surface area contributed by atoms with Gasteiger partial charge in [-0.25, -0.2) is 0 Å². The zero-order valence-electron chi connectivity index (χ0n) is 17.5. The van der Waals surface area contributed by atoms with Crippen molar-refractivity contribution in [3.8, 4) is 5.75 Å². The van der Waals surface area contributed by atoms with Crippen LogP contribution >= 0.6 is 34.8 Å². The number of alkyl halides is 3. The first-order chi connectivity index (χ1) is 15.0. The van der Waals surface area contributed by atoms with Gasteiger partial charge in [-0.3, -0.25) is 5.41 Å². The number of halogens is 3. The van der Waals surface area contributed by atoms with Gasteiger partial charge in [-0.1, -0.05) is 52.0 Å². The minimum Gasteiger partial charge on any atom is -0.497 e. The summed E-state index contributed by atoms with van der Waals surface area (Å²) in [5, 5.41) is 11.5. The summed E-state index contributed by atoms with van der Waals surface area (Å²) in [6.07, 6.45) is -4.04. The van der Waals surface area contributed by atoms with Gasteiger partial charge in [0.15, 0.2) is 5.79 Å². The highest BCUT2D eigenvalue weighted by Gasteiger charge is 2.57. The van der Waals surface area contributed by atoms with Crippen molar-refractivity contribution in [3.05, 3.63) is 40.3 Å². The molecule has 0 saturated carbocycles. The summed E-state index contributed by atoms with van der Waals surface area (Å²) in [7, 11) is 1.58. The molecule has 0 unspecified atom stereocenters. The Labute approximate surface area is 200 Å². The fourth-order valence-corrected chi connectivity index (χ4v) is 3.60. The molecule has 2 aliphatic heterocycles. The first-order valence-electron chi connectivity index (χ1n) is 9.63. The molecule has 0 radical (unpaired) electrons. The van der Waals surface area contributed by atoms with Gasteiger partial charge in [-0.05, 0) is 37.1 Å². The lowest BCUT2D eigenvalue weighted by Gasteiger charge is -2.41. The van der Waals surface area contributed by atoms with Gasteiger partial charge in [-0.2, -0.15) is 0 Å². The maximum Gasteiger partial charge on any atom is 0.265 e. The third-order valence-corrected chi connectivity index (χ3v) is 5.36. The summed E-state index contributed by atoms with van der Waals surface area (Å²) in [5.41, 5.74) is 9.59. The highest BCUT2D eigenvalue weighted by atomic mass is 35.6. The molecule has 2 aliphatic rings. The molecule has 1 N–H and O–H groups in total. The maximum absolute atomic E-state index is 8.74. The fraction of sp³-hybridized carbons (Fsp3) is 0.632. The number of hydrogen-bond acceptors (Lipinski definition) is 8. The normalized spacial score (nSPS) is 29.0. The second-order valence-corrected chi connectivity index (χ2v) is 9.87. The van der Waals surface area contributed by atoms with Crippen molar-refractivity contribution in [2.45, 2.75) is 60.7 Å². The number of nitrogens with one attached hydrogen (secondary N) is 1. The van der Waals surface area contributed by atoms with Crippen LogP contribution in [-0.2, 0) is 30.3 Å². The van der Waals surface area contributed by atoms with Gasteiger partial charge in [0.05, 0.1) is 26.4 Å². The SMILES string of the molecule is COc1ccc(CO[C@H]2[C@@H](OC(=N)C(Cl)(Cl)Cl)O[C@H](CN=[N+]=[N-])[C@@H]3OC(C)(C)O[C@@H]32)cc1. The molecule has 0 bridgehead atoms. The summed E-state index contributed by atoms with van der Waals surface area (Å²) in [5.74, 6) is -0.890. The van der Waals surface area contributed by atoms with Crippen LogP contribution in [0.4, 0.5) is 0 Å². The van der Waals surface area contributed by atoms with Crippen molar-refractivity contribution >= 4 is 40.7 Å². The smallest absolute Gasteiger partial charge is 0.265 e. The molecule has 5 atom stereocenters. The fourth-order valence-electron chi connectivity index (χ4n) is 3.47. The van der Waals surface area contributed by atoms with Crippen molar-refractivity contribution in [2.24, 2.45) is 5.11 Å². The van der Waals surface area contributed by atoms with Crippen LogP contribution in [0.25, 0.3) is 10.4 Å². The van der Waals surface area contributed by atoms with E-state index >= 15 is 0 Å². The minimum atomic E-state index is -2.10. The first kappa shape index (κ1) is 25.1. The van der Waals surface area contributed by atoms with Gasteiger partial charge in [0.2, 0.25) is 12.2 Å². The zero-order chi connectivity index (χ0) is 23.5. The van der Waals surface area contributed by atoms with E-state index < -0.39 is 46.2 Å². The summed E-state index contributed by atoms with van der Waals surface area (Å²) in [6, 6.07) is 7.30. The highest BCUT2D eigenvalue weighted by molar-refractivity contribution is 6.76. The van der Waals surface area contributed by atoms with E-state index in [2.05, 4.69) is 10.0 Å². The van der Waals surface area contributed by atoms with Crippen LogP contribution in [-0.4, -0.2) is 59.8 Å². The number of fused-ring (bicyclic) bond motifs is 1. The maximum atomic E-state index is 8.74. The van der Waals surface area contributed by atoms with E-state index in [0.717, 1.165) is 5.56 Å². The lowest BCUT2D eigenvalue weighted by atomic mass is 9.98. The summed E-state index contributed by atoms with van der Waals surface area (Å²) >= 11 is 17.3. The Bertz CT molecular complexity index is 860. The van der Waals surface area contributed by atoms with E-state index in [1.165, 1.54) is 0 Å². The standard InChI is InChI=1S/C19H23Cl3N4O6/c1-18(2)31-13-12(8-25-26-24)29-16(30-17(23)19(20,21)22)15(14(13)32-18)28-9-10-4-6-11(27-3)7-5-10/h4-7,12-16,23H,8-9H2,1-3H3/t12-,13+,14+,15-,16-/m1/s1. The summed E-state index contributed by atoms with van der Waals surface area (Å²) in [6.45, 7) is 3.61. The number of hydrogen-bond donors (Lipinski definition) is 1. The van der Waals surface area contributed by atoms with Crippen LogP contribution in [0.15, 0.2) is 29.4 Å². The van der Waals surface area contributed by atoms with Crippen LogP contribution in [0.1, 0.15) is 19.4 Å². The molecular weight excluding hydrogens is 487 g/mol. The Balaban J connectivity index is 1.85. The van der Waals surface area contributed by atoms with Crippen molar-refractivity contribution < 1.29 is 28.4 Å². The molecule has 0 spiro atoms. The Morgan fingerprint density at radius 2 is 1.88 bits per heavy atom. The molecule has 2 fully saturated rings. The lowest BCUT2D eigenvalue weighted by molar-refractivity contribution is -0.265. The van der Waals surface area contributed by atoms with E-state index in [1.54, 1.807) is 33.1 Å². The molecule has 2 heterocycles. The van der Waals surface area contributed by atoms with E-state index in [0.29, 0.717) is 5.75 Å². The minimum absolute atomic E-state index is 0.0523. The lowest BCUT2D eigenvalue weighted by Crippen LogP contribution is -2.59. The van der Waals surface area contributed by atoms with Crippen molar-refractivity contribution in [2.75, 3.05) is 13.7 Å². The summed E-state index contributed by atoms with van der Waals surface area (Å²) < 4.78 is 32.7. The van der Waals surface area contributed by atoms with E-state index in [4.69, 9.17) is 74.2 Å². The van der Waals surface area contributed by atoms with Crippen molar-refractivity contribution in [1.29, 1.82) is 5.41 Å². The Hall–Kier alpha value is -1.49. The predicted octanol–water partition coefficient (Wildman–Crippen LogP) is 4.50. The van der Waals surface area contributed by atoms with Crippen molar-refractivity contribution in [3.63, 3.8) is 0 Å². The van der Waals surface area contributed by atoms with E-state index in [-0.39, 0.29) is 13.2 Å². The van der Waals surface area contributed by atoms with E-state index in [9.17, 15) is 0 Å². The molecule has 3 rings (SSSR count). The molecule has 1 aromatic carbocycles. The monoisotopic (exact) mass is 508 g/mol. The van der Waals surface area contributed by atoms with Crippen LogP contribution in [0.5, 0.6) is 5.75 Å². The van der Waals surface area contributed by atoms with Crippen LogP contribution in [0.3, 0.4) is 0 Å². The second-order valence-electron chi connectivity index (χ2n) is 7.59. The van der Waals surface area contributed by atoms with Gasteiger partial charge in [0.25, 0.3) is 3.79 Å². The number of nitrogens with zero attached hydrogens (tertiary/aromatic N) is 3. The molecule has 0 aromatic heterocycles. The van der Waals surface area contributed by atoms with Gasteiger partial charge >= 0.3 is 0 Å². The number of benzene rings is 1. The van der Waals surface area contributed by atoms with Gasteiger partial charge in [0.1, 0.15) is 24.1 Å². The molecule has 2 saturated heterocycles. The van der Waals surface area contributed by atoms with Gasteiger partial charge < -0.3 is 28.4 Å². The van der Waals surface area contributed by atoms with Gasteiger partial charge in [-0.15, -0.1) is 0 Å². The molecular formula is C19H23Cl3N4O6. The largest absolute Gasteiger partial charge is 0.497 e. The quantitative estimate of drug-likeness (QED) is 0.144. The van der Waals surface area contributed by atoms with Gasteiger partial charge in [0, 0.05) is 4.91 Å². The molecule has 0 amide bonds. The predicted molar refractivity (Wildman–Crippen MR) is 117 cm³/mol. The van der Waals surface area contributed by atoms with E-state index in [1.807, 2.05) is 12.1 Å². The Kier molecular flexibility index (Phi) is 8.01. The average Bonchev–Trinajstić information content (AvgIpc) is 3.06. The molecule has 1 aromatic rings. The Morgan fingerprint density at radius 3 is 2.47 bits per heavy atom. The van der Waals surface area contributed by atoms with Crippen LogP contribution in [0.2, 0.25) is 0 Å². The van der Waals surface area contributed by atoms with Crippen LogP contribution in [0, 0.1) is 5.41 Å². The number of rotatable bonds is 7. The molecule has 13 heteroatoms. The second kappa shape index (κ2) is 10.2. The molecule has 176 valence electrons. The van der Waals surface area contributed by atoms with Crippen molar-refractivity contribution in [1.82, 2.24) is 0 Å². The molecule has 0 aliphatic carbocycles. The molecule has 32 heavy (non-hydrogen) atoms. The number of ether oxygens (including phenoxy) is 6.